The predicted octanol–water partition coefficient (Wildman–Crippen LogP) is 7.63. The third-order valence-electron chi connectivity index (χ3n) is 4.31. The summed E-state index contributed by atoms with van der Waals surface area (Å²) < 4.78 is 51.5. The fraction of sp³-hybridized carbons (Fsp3) is 0.375. The number of nitrogen functional groups attached to an aromatic ring is 3. The molecule has 0 saturated carbocycles. The molecule has 0 saturated heterocycles. The molecular weight excluding hydrogens is 650 g/mol. The Hall–Kier alpha value is -2.72. The Morgan fingerprint density at radius 3 is 1.59 bits per heavy atom. The van der Waals surface area contributed by atoms with Gasteiger partial charge in [-0.25, -0.2) is 14.4 Å². The van der Waals surface area contributed by atoms with Gasteiger partial charge in [-0.15, -0.1) is 34.0 Å². The van der Waals surface area contributed by atoms with Gasteiger partial charge in [0.25, 0.3) is 0 Å². The van der Waals surface area contributed by atoms with Gasteiger partial charge in [-0.05, 0) is 27.2 Å². The molecule has 6 N–H and O–H groups in total. The number of halogens is 5. The fourth-order valence-corrected chi connectivity index (χ4v) is 5.40. The van der Waals surface area contributed by atoms with Gasteiger partial charge in [-0.3, -0.25) is 0 Å². The highest BCUT2D eigenvalue weighted by Gasteiger charge is 2.36. The molecule has 0 aliphatic carbocycles. The lowest BCUT2D eigenvalue weighted by atomic mass is 10.2. The molecule has 0 fully saturated rings. The maximum absolute atomic E-state index is 12.4. The molecule has 0 spiro atoms. The Bertz CT molecular complexity index is 1330. The lowest BCUT2D eigenvalue weighted by Gasteiger charge is -2.08. The molecule has 0 unspecified atom stereocenters. The van der Waals surface area contributed by atoms with E-state index < -0.39 is 41.4 Å². The fourth-order valence-electron chi connectivity index (χ4n) is 2.48. The van der Waals surface area contributed by atoms with Crippen molar-refractivity contribution in [3.8, 4) is 0 Å². The van der Waals surface area contributed by atoms with Crippen LogP contribution < -0.4 is 17.2 Å². The summed E-state index contributed by atoms with van der Waals surface area (Å²) >= 11 is 14.4. The summed E-state index contributed by atoms with van der Waals surface area (Å²) in [6.45, 7) is 7.63. The molecule has 0 aliphatic heterocycles. The van der Waals surface area contributed by atoms with Crippen LogP contribution in [0.5, 0.6) is 0 Å². The zero-order valence-electron chi connectivity index (χ0n) is 22.2. The molecule has 228 valence electrons. The van der Waals surface area contributed by atoms with Crippen molar-refractivity contribution in [1.82, 2.24) is 0 Å². The highest BCUT2D eigenvalue weighted by Crippen LogP contribution is 2.39. The van der Waals surface area contributed by atoms with Crippen molar-refractivity contribution in [2.75, 3.05) is 30.4 Å². The van der Waals surface area contributed by atoms with Crippen molar-refractivity contribution >= 4 is 92.2 Å². The summed E-state index contributed by atoms with van der Waals surface area (Å²) in [4.78, 5) is 34.3. The van der Waals surface area contributed by atoms with Crippen LogP contribution in [0.15, 0.2) is 16.1 Å². The predicted molar refractivity (Wildman–Crippen MR) is 158 cm³/mol. The van der Waals surface area contributed by atoms with E-state index in [1.54, 1.807) is 31.5 Å². The number of nitrogens with two attached hydrogens (primary N) is 3. The highest BCUT2D eigenvalue weighted by molar-refractivity contribution is 7.13. The second-order valence-electron chi connectivity index (χ2n) is 7.85. The number of carbonyl (C=O) groups is 3. The maximum Gasteiger partial charge on any atom is 0.419 e. The van der Waals surface area contributed by atoms with Crippen LogP contribution >= 0.6 is 57.2 Å². The molecule has 3 heterocycles. The summed E-state index contributed by atoms with van der Waals surface area (Å²) in [5, 5.41) is 4.87. The van der Waals surface area contributed by atoms with Crippen LogP contribution in [0.3, 0.4) is 0 Å². The number of rotatable bonds is 7. The number of carbonyl (C=O) groups excluding carboxylic acids is 3. The standard InChI is InChI=1S/C9H10F3NO2S.C8H10ClNO2S.C7H8ClNO2S/c1-4(2)15-8(14)7-6(13)5(3-16-7)9(10,11)12;1-2-3-12-8(11)7-6(10)5(9)4-13-7;1-2-11-7(10)6-5(9)4(8)3-12-6/h3-4H,13H2,1-2H3;4H,2-3,10H2,1H3;3H,2,9H2,1H3. The molecule has 0 atom stereocenters. The van der Waals surface area contributed by atoms with E-state index in [-0.39, 0.29) is 4.88 Å². The first-order valence-electron chi connectivity index (χ1n) is 11.6. The SMILES string of the molecule is CC(C)OC(=O)c1scc(C(F)(F)F)c1N.CCCOC(=O)c1scc(Cl)c1N.CCOC(=O)c1scc(Cl)c1N. The Labute approximate surface area is 256 Å². The van der Waals surface area contributed by atoms with Gasteiger partial charge in [0.05, 0.1) is 52.0 Å². The number of alkyl halides is 3. The number of ether oxygens (including phenoxy) is 3. The van der Waals surface area contributed by atoms with Gasteiger partial charge in [-0.2, -0.15) is 13.2 Å². The number of hydrogen-bond donors (Lipinski definition) is 3. The van der Waals surface area contributed by atoms with E-state index in [9.17, 15) is 27.6 Å². The van der Waals surface area contributed by atoms with Crippen LogP contribution in [0, 0.1) is 0 Å². The minimum atomic E-state index is -4.54. The summed E-state index contributed by atoms with van der Waals surface area (Å²) in [6.07, 6.45) is -4.15. The first-order valence-corrected chi connectivity index (χ1v) is 15.0. The molecule has 3 rings (SSSR count). The lowest BCUT2D eigenvalue weighted by Crippen LogP contribution is -2.13. The Balaban J connectivity index is 0.000000311. The van der Waals surface area contributed by atoms with Crippen LogP contribution in [-0.2, 0) is 20.4 Å². The molecule has 17 heteroatoms. The average Bonchev–Trinajstić information content (AvgIpc) is 3.55. The van der Waals surface area contributed by atoms with E-state index in [0.717, 1.165) is 11.8 Å². The van der Waals surface area contributed by atoms with E-state index in [1.165, 1.54) is 22.7 Å². The molecule has 0 aliphatic rings. The van der Waals surface area contributed by atoms with Gasteiger partial charge in [0.1, 0.15) is 14.6 Å². The normalized spacial score (nSPS) is 10.7. The number of thiophene rings is 3. The van der Waals surface area contributed by atoms with Crippen LogP contribution in [0.1, 0.15) is 68.7 Å². The summed E-state index contributed by atoms with van der Waals surface area (Å²) in [5.41, 5.74) is 15.4. The van der Waals surface area contributed by atoms with Gasteiger partial charge in [0, 0.05) is 16.1 Å². The lowest BCUT2D eigenvalue weighted by molar-refractivity contribution is -0.136. The van der Waals surface area contributed by atoms with Crippen molar-refractivity contribution < 1.29 is 41.8 Å². The van der Waals surface area contributed by atoms with Gasteiger partial charge < -0.3 is 31.4 Å². The van der Waals surface area contributed by atoms with Crippen molar-refractivity contribution in [2.45, 2.75) is 46.4 Å². The first-order chi connectivity index (χ1) is 19.1. The van der Waals surface area contributed by atoms with E-state index in [4.69, 9.17) is 54.6 Å². The topological polar surface area (TPSA) is 157 Å². The minimum Gasteiger partial charge on any atom is -0.462 e. The highest BCUT2D eigenvalue weighted by atomic mass is 35.5. The first kappa shape index (κ1) is 36.3. The van der Waals surface area contributed by atoms with E-state index in [2.05, 4.69) is 0 Å². The van der Waals surface area contributed by atoms with E-state index in [1.807, 2.05) is 6.92 Å². The molecule has 41 heavy (non-hydrogen) atoms. The molecule has 0 aromatic carbocycles. The quantitative estimate of drug-likeness (QED) is 0.169. The number of anilines is 3. The maximum atomic E-state index is 12.4. The minimum absolute atomic E-state index is 0.207. The van der Waals surface area contributed by atoms with Crippen LogP contribution in [0.2, 0.25) is 10.0 Å². The van der Waals surface area contributed by atoms with Crippen LogP contribution in [0.4, 0.5) is 30.2 Å². The summed E-state index contributed by atoms with van der Waals surface area (Å²) in [6, 6.07) is 0. The molecule has 9 nitrogen and oxygen atoms in total. The van der Waals surface area contributed by atoms with Crippen molar-refractivity contribution in [3.05, 3.63) is 46.4 Å². The number of esters is 3. The van der Waals surface area contributed by atoms with Crippen molar-refractivity contribution in [1.29, 1.82) is 0 Å². The molecule has 0 bridgehead atoms. The summed E-state index contributed by atoms with van der Waals surface area (Å²) in [5.74, 6) is -1.63. The molecular formula is C24H28Cl2F3N3O6S3. The van der Waals surface area contributed by atoms with Gasteiger partial charge >= 0.3 is 24.1 Å². The van der Waals surface area contributed by atoms with Crippen LogP contribution in [-0.4, -0.2) is 37.2 Å². The van der Waals surface area contributed by atoms with Gasteiger partial charge in [-0.1, -0.05) is 30.1 Å². The monoisotopic (exact) mass is 677 g/mol. The van der Waals surface area contributed by atoms with Gasteiger partial charge in [0.15, 0.2) is 0 Å². The second-order valence-corrected chi connectivity index (χ2v) is 11.3. The summed E-state index contributed by atoms with van der Waals surface area (Å²) in [7, 11) is 0. The number of hydrogen-bond acceptors (Lipinski definition) is 12. The Morgan fingerprint density at radius 1 is 0.805 bits per heavy atom. The molecule has 3 aromatic heterocycles. The molecule has 3 aromatic rings. The average molecular weight is 679 g/mol. The van der Waals surface area contributed by atoms with Crippen molar-refractivity contribution in [2.24, 2.45) is 0 Å². The van der Waals surface area contributed by atoms with Crippen LogP contribution in [0.25, 0.3) is 0 Å². The molecule has 0 amide bonds. The smallest absolute Gasteiger partial charge is 0.419 e. The van der Waals surface area contributed by atoms with Gasteiger partial charge in [0.2, 0.25) is 0 Å². The molecule has 0 radical (unpaired) electrons. The van der Waals surface area contributed by atoms with E-state index >= 15 is 0 Å². The Morgan fingerprint density at radius 2 is 1.24 bits per heavy atom. The third kappa shape index (κ3) is 10.9. The van der Waals surface area contributed by atoms with E-state index in [0.29, 0.717) is 55.7 Å². The Kier molecular flexibility index (Phi) is 14.7. The zero-order valence-corrected chi connectivity index (χ0v) is 26.2. The largest absolute Gasteiger partial charge is 0.462 e. The second kappa shape index (κ2) is 16.7. The zero-order chi connectivity index (χ0) is 31.5. The van der Waals surface area contributed by atoms with Crippen molar-refractivity contribution in [3.63, 3.8) is 0 Å². The third-order valence-corrected chi connectivity index (χ3v) is 8.12.